The third-order valence-electron chi connectivity index (χ3n) is 1.99. The van der Waals surface area contributed by atoms with Crippen molar-refractivity contribution in [1.82, 2.24) is 5.43 Å². The highest BCUT2D eigenvalue weighted by Crippen LogP contribution is 2.20. The van der Waals surface area contributed by atoms with E-state index in [1.54, 1.807) is 11.3 Å². The number of nitrogens with zero attached hydrogens (tertiary/aromatic N) is 1. The Morgan fingerprint density at radius 2 is 2.31 bits per heavy atom. The van der Waals surface area contributed by atoms with Gasteiger partial charge in [0.15, 0.2) is 0 Å². The van der Waals surface area contributed by atoms with Crippen LogP contribution in [-0.2, 0) is 0 Å². The monoisotopic (exact) mass is 197 g/mol. The number of hydrogen-bond acceptors (Lipinski definition) is 3. The predicted molar refractivity (Wildman–Crippen MR) is 58.2 cm³/mol. The zero-order valence-corrected chi connectivity index (χ0v) is 9.03. The molecule has 13 heavy (non-hydrogen) atoms. The van der Waals surface area contributed by atoms with E-state index in [4.69, 9.17) is 5.84 Å². The molecule has 0 aliphatic carbocycles. The molecule has 72 valence electrons. The minimum atomic E-state index is 0.744. The van der Waals surface area contributed by atoms with Crippen LogP contribution in [0.3, 0.4) is 0 Å². The van der Waals surface area contributed by atoms with Gasteiger partial charge < -0.3 is 5.43 Å². The number of amidine groups is 1. The van der Waals surface area contributed by atoms with Crippen molar-refractivity contribution in [3.63, 3.8) is 0 Å². The maximum atomic E-state index is 5.39. The van der Waals surface area contributed by atoms with Crippen molar-refractivity contribution in [2.45, 2.75) is 20.8 Å². The molecule has 0 aliphatic heterocycles. The van der Waals surface area contributed by atoms with Crippen molar-refractivity contribution in [1.29, 1.82) is 0 Å². The Kier molecular flexibility index (Phi) is 3.45. The Labute approximate surface area is 82.7 Å². The number of nitrogens with one attached hydrogen (secondary N) is 1. The van der Waals surface area contributed by atoms with Crippen LogP contribution in [0.2, 0.25) is 0 Å². The lowest BCUT2D eigenvalue weighted by Crippen LogP contribution is -2.31. The Hall–Kier alpha value is -0.870. The van der Waals surface area contributed by atoms with Gasteiger partial charge in [0.25, 0.3) is 0 Å². The molecule has 0 atom stereocenters. The lowest BCUT2D eigenvalue weighted by atomic mass is 10.1. The first kappa shape index (κ1) is 10.2. The average Bonchev–Trinajstić information content (AvgIpc) is 2.45. The van der Waals surface area contributed by atoms with Crippen molar-refractivity contribution in [2.24, 2.45) is 10.8 Å². The Morgan fingerprint density at radius 3 is 2.69 bits per heavy atom. The van der Waals surface area contributed by atoms with Gasteiger partial charge in [0.1, 0.15) is 5.84 Å². The van der Waals surface area contributed by atoms with Crippen LogP contribution < -0.4 is 11.3 Å². The minimum absolute atomic E-state index is 0.744. The Balaban J connectivity index is 3.05. The molecule has 0 fully saturated rings. The third kappa shape index (κ3) is 2.08. The molecule has 0 spiro atoms. The lowest BCUT2D eigenvalue weighted by molar-refractivity contribution is 0.990. The summed E-state index contributed by atoms with van der Waals surface area (Å²) in [4.78, 5) is 5.59. The minimum Gasteiger partial charge on any atom is -0.308 e. The second-order valence-corrected chi connectivity index (χ2v) is 3.88. The van der Waals surface area contributed by atoms with Gasteiger partial charge in [-0.1, -0.05) is 0 Å². The molecule has 0 unspecified atom stereocenters. The quantitative estimate of drug-likeness (QED) is 0.327. The molecule has 0 aromatic carbocycles. The van der Waals surface area contributed by atoms with Crippen LogP contribution in [0.25, 0.3) is 0 Å². The van der Waals surface area contributed by atoms with Crippen LogP contribution in [0.1, 0.15) is 22.9 Å². The van der Waals surface area contributed by atoms with E-state index in [9.17, 15) is 0 Å². The van der Waals surface area contributed by atoms with Gasteiger partial charge in [0.05, 0.1) is 0 Å². The first-order valence-electron chi connectivity index (χ1n) is 4.26. The zero-order chi connectivity index (χ0) is 9.84. The van der Waals surface area contributed by atoms with E-state index < -0.39 is 0 Å². The molecule has 3 N–H and O–H groups in total. The summed E-state index contributed by atoms with van der Waals surface area (Å²) in [6.07, 6.45) is 0. The number of hydrogen-bond donors (Lipinski definition) is 2. The summed E-state index contributed by atoms with van der Waals surface area (Å²) >= 11 is 1.72. The molecule has 0 saturated carbocycles. The van der Waals surface area contributed by atoms with E-state index in [0.29, 0.717) is 0 Å². The van der Waals surface area contributed by atoms with Crippen LogP contribution >= 0.6 is 11.3 Å². The van der Waals surface area contributed by atoms with Gasteiger partial charge in [-0.25, -0.2) is 5.84 Å². The van der Waals surface area contributed by atoms with Gasteiger partial charge >= 0.3 is 0 Å². The van der Waals surface area contributed by atoms with E-state index >= 15 is 0 Å². The average molecular weight is 197 g/mol. The molecular weight excluding hydrogens is 182 g/mol. The number of rotatable bonds is 2. The fourth-order valence-electron chi connectivity index (χ4n) is 1.11. The number of hydrazine groups is 1. The normalized spacial score (nSPS) is 11.8. The predicted octanol–water partition coefficient (Wildman–Crippen LogP) is 1.59. The van der Waals surface area contributed by atoms with E-state index in [2.05, 4.69) is 29.6 Å². The summed E-state index contributed by atoms with van der Waals surface area (Å²) in [6, 6.07) is 0. The number of aryl methyl sites for hydroxylation is 1. The molecule has 0 amide bonds. The van der Waals surface area contributed by atoms with E-state index in [-0.39, 0.29) is 0 Å². The van der Waals surface area contributed by atoms with Gasteiger partial charge in [0, 0.05) is 22.4 Å². The first-order valence-corrected chi connectivity index (χ1v) is 5.14. The molecule has 1 heterocycles. The smallest absolute Gasteiger partial charge is 0.143 e. The molecule has 1 rings (SSSR count). The Bertz CT molecular complexity index is 315. The second kappa shape index (κ2) is 4.39. The van der Waals surface area contributed by atoms with Crippen LogP contribution in [0, 0.1) is 13.8 Å². The van der Waals surface area contributed by atoms with Crippen molar-refractivity contribution in [3.05, 3.63) is 21.4 Å². The fourth-order valence-corrected chi connectivity index (χ4v) is 1.98. The topological polar surface area (TPSA) is 50.4 Å². The molecule has 4 heteroatoms. The third-order valence-corrected chi connectivity index (χ3v) is 3.01. The van der Waals surface area contributed by atoms with Crippen LogP contribution in [0.15, 0.2) is 10.4 Å². The molecule has 1 aromatic rings. The molecule has 3 nitrogen and oxygen atoms in total. The van der Waals surface area contributed by atoms with Gasteiger partial charge in [-0.05, 0) is 26.3 Å². The fraction of sp³-hybridized carbons (Fsp3) is 0.444. The number of aliphatic imine (C=N–C) groups is 1. The van der Waals surface area contributed by atoms with Crippen LogP contribution in [-0.4, -0.2) is 12.4 Å². The summed E-state index contributed by atoms with van der Waals surface area (Å²) in [6.45, 7) is 6.92. The van der Waals surface area contributed by atoms with Crippen LogP contribution in [0.4, 0.5) is 0 Å². The summed E-state index contributed by atoms with van der Waals surface area (Å²) in [5.41, 5.74) is 5.01. The van der Waals surface area contributed by atoms with E-state index in [0.717, 1.165) is 17.9 Å². The van der Waals surface area contributed by atoms with Gasteiger partial charge in [-0.2, -0.15) is 0 Å². The SMILES string of the molecule is CCN=C(NN)c1csc(C)c1C. The molecule has 0 saturated heterocycles. The molecule has 0 bridgehead atoms. The molecule has 0 aliphatic rings. The zero-order valence-electron chi connectivity index (χ0n) is 8.22. The first-order chi connectivity index (χ1) is 6.20. The van der Waals surface area contributed by atoms with Gasteiger partial charge in [-0.15, -0.1) is 11.3 Å². The highest BCUT2D eigenvalue weighted by atomic mass is 32.1. The van der Waals surface area contributed by atoms with Crippen LogP contribution in [0.5, 0.6) is 0 Å². The molecule has 0 radical (unpaired) electrons. The molecule has 1 aromatic heterocycles. The second-order valence-electron chi connectivity index (χ2n) is 2.80. The lowest BCUT2D eigenvalue weighted by Gasteiger charge is -2.04. The number of nitrogens with two attached hydrogens (primary N) is 1. The highest BCUT2D eigenvalue weighted by molar-refractivity contribution is 7.10. The van der Waals surface area contributed by atoms with Crippen molar-refractivity contribution in [3.8, 4) is 0 Å². The van der Waals surface area contributed by atoms with Gasteiger partial charge in [-0.3, -0.25) is 4.99 Å². The van der Waals surface area contributed by atoms with Crippen molar-refractivity contribution < 1.29 is 0 Å². The summed E-state index contributed by atoms with van der Waals surface area (Å²) < 4.78 is 0. The van der Waals surface area contributed by atoms with Gasteiger partial charge in [0.2, 0.25) is 0 Å². The molecular formula is C9H15N3S. The largest absolute Gasteiger partial charge is 0.308 e. The summed E-state index contributed by atoms with van der Waals surface area (Å²) in [5.74, 6) is 6.17. The maximum Gasteiger partial charge on any atom is 0.143 e. The Morgan fingerprint density at radius 1 is 1.62 bits per heavy atom. The number of thiophene rings is 1. The van der Waals surface area contributed by atoms with Crippen molar-refractivity contribution >= 4 is 17.2 Å². The summed E-state index contributed by atoms with van der Waals surface area (Å²) in [5, 5.41) is 2.08. The highest BCUT2D eigenvalue weighted by Gasteiger charge is 2.08. The summed E-state index contributed by atoms with van der Waals surface area (Å²) in [7, 11) is 0. The van der Waals surface area contributed by atoms with Crippen molar-refractivity contribution in [2.75, 3.05) is 6.54 Å². The standard InChI is InChI=1S/C9H15N3S/c1-4-11-9(12-10)8-5-13-7(3)6(8)2/h5H,4,10H2,1-3H3,(H,11,12). The van der Waals surface area contributed by atoms with E-state index in [1.165, 1.54) is 10.4 Å². The maximum absolute atomic E-state index is 5.39. The van der Waals surface area contributed by atoms with E-state index in [1.807, 2.05) is 6.92 Å².